The number of carbonyl (C=O) groups is 2. The van der Waals surface area contributed by atoms with Crippen molar-refractivity contribution in [3.05, 3.63) is 96.1 Å². The fourth-order valence-electron chi connectivity index (χ4n) is 4.08. The summed E-state index contributed by atoms with van der Waals surface area (Å²) in [4.78, 5) is 27.9. The van der Waals surface area contributed by atoms with Gasteiger partial charge in [-0.2, -0.15) is 0 Å². The van der Waals surface area contributed by atoms with Gasteiger partial charge < -0.3 is 9.47 Å². The van der Waals surface area contributed by atoms with Crippen LogP contribution in [-0.4, -0.2) is 29.1 Å². The van der Waals surface area contributed by atoms with Gasteiger partial charge in [0.25, 0.3) is 0 Å². The molecule has 0 unspecified atom stereocenters. The summed E-state index contributed by atoms with van der Waals surface area (Å²) < 4.78 is 11.4. The number of rotatable bonds is 6. The van der Waals surface area contributed by atoms with E-state index >= 15 is 0 Å². The van der Waals surface area contributed by atoms with Gasteiger partial charge in [0, 0.05) is 12.0 Å². The van der Waals surface area contributed by atoms with E-state index in [1.165, 1.54) is 4.90 Å². The topological polar surface area (TPSA) is 55.8 Å². The molecule has 1 heterocycles. The van der Waals surface area contributed by atoms with Crippen molar-refractivity contribution in [2.24, 2.45) is 5.92 Å². The molecule has 1 aliphatic rings. The average molecular weight is 444 g/mol. The van der Waals surface area contributed by atoms with E-state index in [1.807, 2.05) is 98.8 Å². The number of benzene rings is 3. The second kappa shape index (κ2) is 9.49. The van der Waals surface area contributed by atoms with Crippen LogP contribution in [0.15, 0.2) is 84.9 Å². The second-order valence-electron chi connectivity index (χ2n) is 9.02. The van der Waals surface area contributed by atoms with Gasteiger partial charge in [-0.3, -0.25) is 4.90 Å². The quantitative estimate of drug-likeness (QED) is 0.438. The Hall–Kier alpha value is -3.60. The highest BCUT2D eigenvalue weighted by Gasteiger charge is 2.55. The molecule has 4 rings (SSSR count). The molecule has 0 aromatic heterocycles. The number of carbonyl (C=O) groups excluding carboxylic acids is 2. The van der Waals surface area contributed by atoms with Crippen molar-refractivity contribution in [1.29, 1.82) is 0 Å². The summed E-state index contributed by atoms with van der Waals surface area (Å²) in [5.74, 6) is -0.262. The Kier molecular flexibility index (Phi) is 6.50. The highest BCUT2D eigenvalue weighted by molar-refractivity contribution is 5.89. The molecule has 0 bridgehead atoms. The first-order valence-electron chi connectivity index (χ1n) is 11.2. The highest BCUT2D eigenvalue weighted by Crippen LogP contribution is 2.41. The van der Waals surface area contributed by atoms with Crippen LogP contribution >= 0.6 is 0 Å². The van der Waals surface area contributed by atoms with E-state index in [2.05, 4.69) is 0 Å². The Labute approximate surface area is 194 Å². The lowest BCUT2D eigenvalue weighted by atomic mass is 9.91. The molecule has 5 heteroatoms. The van der Waals surface area contributed by atoms with E-state index in [1.54, 1.807) is 6.92 Å². The molecule has 0 N–H and O–H groups in total. The van der Waals surface area contributed by atoms with Crippen molar-refractivity contribution < 1.29 is 19.1 Å². The van der Waals surface area contributed by atoms with E-state index in [0.717, 1.165) is 22.3 Å². The third-order valence-electron chi connectivity index (χ3n) is 5.86. The fraction of sp³-hybridized carbons (Fsp3) is 0.286. The molecule has 5 nitrogen and oxygen atoms in total. The van der Waals surface area contributed by atoms with Crippen LogP contribution in [0.25, 0.3) is 11.1 Å². The SMILES string of the molecule is CC(C)COC(=O)N1[C@@H](c2ccc(-c3ccccc3)cc2)OC(=O)[C@@]1(C)Cc1ccccc1. The Bertz CT molecular complexity index is 1100. The third-order valence-corrected chi connectivity index (χ3v) is 5.86. The van der Waals surface area contributed by atoms with Crippen LogP contribution in [0, 0.1) is 5.92 Å². The number of nitrogens with zero attached hydrogens (tertiary/aromatic N) is 1. The molecule has 1 saturated heterocycles. The van der Waals surface area contributed by atoms with Crippen LogP contribution in [-0.2, 0) is 20.7 Å². The van der Waals surface area contributed by atoms with Crippen molar-refractivity contribution in [3.8, 4) is 11.1 Å². The van der Waals surface area contributed by atoms with Crippen LogP contribution in [0.2, 0.25) is 0 Å². The Morgan fingerprint density at radius 3 is 2.12 bits per heavy atom. The fourth-order valence-corrected chi connectivity index (χ4v) is 4.08. The molecule has 2 atom stereocenters. The smallest absolute Gasteiger partial charge is 0.413 e. The summed E-state index contributed by atoms with van der Waals surface area (Å²) in [6.45, 7) is 5.96. The van der Waals surface area contributed by atoms with Gasteiger partial charge in [-0.05, 0) is 29.5 Å². The maximum atomic E-state index is 13.2. The minimum atomic E-state index is -1.18. The molecule has 0 radical (unpaired) electrons. The lowest BCUT2D eigenvalue weighted by molar-refractivity contribution is -0.145. The zero-order valence-electron chi connectivity index (χ0n) is 19.2. The number of amides is 1. The summed E-state index contributed by atoms with van der Waals surface area (Å²) in [6.07, 6.45) is -1.07. The zero-order valence-corrected chi connectivity index (χ0v) is 19.2. The minimum Gasteiger partial charge on any atom is -0.449 e. The van der Waals surface area contributed by atoms with Gasteiger partial charge in [0.1, 0.15) is 5.54 Å². The average Bonchev–Trinajstić information content (AvgIpc) is 3.09. The van der Waals surface area contributed by atoms with Crippen molar-refractivity contribution in [2.45, 2.75) is 39.0 Å². The highest BCUT2D eigenvalue weighted by atomic mass is 16.6. The number of cyclic esters (lactones) is 1. The summed E-state index contributed by atoms with van der Waals surface area (Å²) >= 11 is 0. The van der Waals surface area contributed by atoms with E-state index in [9.17, 15) is 9.59 Å². The monoisotopic (exact) mass is 443 g/mol. The predicted molar refractivity (Wildman–Crippen MR) is 127 cm³/mol. The maximum absolute atomic E-state index is 13.2. The van der Waals surface area contributed by atoms with Gasteiger partial charge in [-0.15, -0.1) is 0 Å². The molecule has 0 saturated carbocycles. The number of ether oxygens (including phenoxy) is 2. The molecule has 3 aromatic carbocycles. The van der Waals surface area contributed by atoms with Gasteiger partial charge in [0.15, 0.2) is 0 Å². The Morgan fingerprint density at radius 1 is 0.939 bits per heavy atom. The third kappa shape index (κ3) is 4.77. The molecule has 170 valence electrons. The number of hydrogen-bond donors (Lipinski definition) is 0. The normalized spacial score (nSPS) is 20.1. The number of hydrogen-bond acceptors (Lipinski definition) is 4. The second-order valence-corrected chi connectivity index (χ2v) is 9.02. The molecule has 0 spiro atoms. The molecule has 33 heavy (non-hydrogen) atoms. The van der Waals surface area contributed by atoms with Gasteiger partial charge in [0.2, 0.25) is 6.23 Å². The van der Waals surface area contributed by atoms with Crippen LogP contribution in [0.3, 0.4) is 0 Å². The first-order valence-corrected chi connectivity index (χ1v) is 11.2. The van der Waals surface area contributed by atoms with Gasteiger partial charge in [0.05, 0.1) is 6.61 Å². The van der Waals surface area contributed by atoms with Gasteiger partial charge in [-0.1, -0.05) is 98.8 Å². The summed E-state index contributed by atoms with van der Waals surface area (Å²) in [6, 6.07) is 27.4. The van der Waals surface area contributed by atoms with Crippen molar-refractivity contribution in [3.63, 3.8) is 0 Å². The van der Waals surface area contributed by atoms with Gasteiger partial charge >= 0.3 is 12.1 Å². The van der Waals surface area contributed by atoms with E-state index in [-0.39, 0.29) is 12.5 Å². The summed E-state index contributed by atoms with van der Waals surface area (Å²) in [5.41, 5.74) is 2.62. The largest absolute Gasteiger partial charge is 0.449 e. The molecule has 1 aliphatic heterocycles. The summed E-state index contributed by atoms with van der Waals surface area (Å²) in [7, 11) is 0. The molecule has 3 aromatic rings. The molecule has 0 aliphatic carbocycles. The van der Waals surface area contributed by atoms with Gasteiger partial charge in [-0.25, -0.2) is 9.59 Å². The Balaban J connectivity index is 1.67. The van der Waals surface area contributed by atoms with Crippen LogP contribution in [0.5, 0.6) is 0 Å². The van der Waals surface area contributed by atoms with E-state index in [4.69, 9.17) is 9.47 Å². The van der Waals surface area contributed by atoms with Crippen molar-refractivity contribution in [2.75, 3.05) is 6.61 Å². The molecule has 1 amide bonds. The molecular weight excluding hydrogens is 414 g/mol. The predicted octanol–water partition coefficient (Wildman–Crippen LogP) is 6.01. The maximum Gasteiger partial charge on any atom is 0.413 e. The molecular formula is C28H29NO4. The Morgan fingerprint density at radius 2 is 1.52 bits per heavy atom. The number of esters is 1. The summed E-state index contributed by atoms with van der Waals surface area (Å²) in [5, 5.41) is 0. The van der Waals surface area contributed by atoms with Crippen LogP contribution in [0.4, 0.5) is 4.79 Å². The zero-order chi connectivity index (χ0) is 23.4. The first-order chi connectivity index (χ1) is 15.9. The lowest BCUT2D eigenvalue weighted by Crippen LogP contribution is -2.51. The van der Waals surface area contributed by atoms with E-state index < -0.39 is 23.8 Å². The van der Waals surface area contributed by atoms with Crippen LogP contribution in [0.1, 0.15) is 38.1 Å². The minimum absolute atomic E-state index is 0.178. The lowest BCUT2D eigenvalue weighted by Gasteiger charge is -2.33. The van der Waals surface area contributed by atoms with Crippen molar-refractivity contribution >= 4 is 12.1 Å². The molecule has 1 fully saturated rings. The van der Waals surface area contributed by atoms with E-state index in [0.29, 0.717) is 6.42 Å². The van der Waals surface area contributed by atoms with Crippen LogP contribution < -0.4 is 0 Å². The first kappa shape index (κ1) is 22.6. The van der Waals surface area contributed by atoms with Crippen molar-refractivity contribution in [1.82, 2.24) is 4.90 Å². The standard InChI is InChI=1S/C28H29NO4/c1-20(2)19-32-27(31)29-25(24-16-14-23(15-17-24)22-12-8-5-9-13-22)33-26(30)28(29,3)18-21-10-6-4-7-11-21/h4-17,20,25H,18-19H2,1-3H3/t25-,28-/m1/s1.